The van der Waals surface area contributed by atoms with Gasteiger partial charge in [0.15, 0.2) is 0 Å². The van der Waals surface area contributed by atoms with E-state index in [2.05, 4.69) is 5.32 Å². The average Bonchev–Trinajstić information content (AvgIpc) is 2.64. The number of nitrogens with one attached hydrogen (secondary N) is 1. The summed E-state index contributed by atoms with van der Waals surface area (Å²) >= 11 is 0. The van der Waals surface area contributed by atoms with Gasteiger partial charge < -0.3 is 20.6 Å². The molecule has 7 heteroatoms. The first kappa shape index (κ1) is 24.9. The third kappa shape index (κ3) is 6.09. The van der Waals surface area contributed by atoms with Crippen LogP contribution in [0.4, 0.5) is 5.69 Å². The number of hydrogen-bond acceptors (Lipinski definition) is 4. The lowest BCUT2D eigenvalue weighted by Gasteiger charge is -2.32. The molecule has 32 heavy (non-hydrogen) atoms. The average molecular weight is 442 g/mol. The molecule has 2 rings (SSSR count). The van der Waals surface area contributed by atoms with E-state index >= 15 is 0 Å². The van der Waals surface area contributed by atoms with Gasteiger partial charge in [0.1, 0.15) is 5.75 Å². The molecule has 1 amide bonds. The zero-order valence-corrected chi connectivity index (χ0v) is 19.3. The van der Waals surface area contributed by atoms with Crippen molar-refractivity contribution in [2.75, 3.05) is 5.32 Å². The van der Waals surface area contributed by atoms with Crippen molar-refractivity contribution >= 4 is 23.5 Å². The SMILES string of the molecule is CC(C)(C)c1cc(C(CC(=O)Nc2cc(C(=O)O)cc(C(=O)O)c2)C(C)(C)C)ccc1O. The molecular weight excluding hydrogens is 410 g/mol. The highest BCUT2D eigenvalue weighted by Crippen LogP contribution is 2.41. The van der Waals surface area contributed by atoms with Crippen LogP contribution in [0.15, 0.2) is 36.4 Å². The molecule has 0 aliphatic carbocycles. The number of hydrogen-bond donors (Lipinski definition) is 4. The molecule has 0 fully saturated rings. The van der Waals surface area contributed by atoms with Crippen LogP contribution in [0.3, 0.4) is 0 Å². The maximum absolute atomic E-state index is 12.9. The second-order valence-electron chi connectivity index (χ2n) is 10.1. The summed E-state index contributed by atoms with van der Waals surface area (Å²) < 4.78 is 0. The van der Waals surface area contributed by atoms with Gasteiger partial charge in [0, 0.05) is 12.1 Å². The van der Waals surface area contributed by atoms with Crippen molar-refractivity contribution in [3.63, 3.8) is 0 Å². The van der Waals surface area contributed by atoms with Crippen molar-refractivity contribution in [2.24, 2.45) is 5.41 Å². The summed E-state index contributed by atoms with van der Waals surface area (Å²) in [5.74, 6) is -2.94. The van der Waals surface area contributed by atoms with E-state index in [1.54, 1.807) is 12.1 Å². The van der Waals surface area contributed by atoms with Crippen LogP contribution >= 0.6 is 0 Å². The van der Waals surface area contributed by atoms with Gasteiger partial charge in [-0.05, 0) is 52.1 Å². The number of carboxylic acids is 2. The molecular formula is C25H31NO6. The molecule has 172 valence electrons. The molecule has 2 aromatic rings. The number of carbonyl (C=O) groups is 3. The predicted octanol–water partition coefficient (Wildman–Crippen LogP) is 5.24. The van der Waals surface area contributed by atoms with E-state index in [1.807, 2.05) is 47.6 Å². The van der Waals surface area contributed by atoms with Crippen LogP contribution in [0.5, 0.6) is 5.75 Å². The Kier molecular flexibility index (Phi) is 7.03. The third-order valence-electron chi connectivity index (χ3n) is 5.38. The molecule has 0 heterocycles. The fourth-order valence-corrected chi connectivity index (χ4v) is 3.64. The van der Waals surface area contributed by atoms with Crippen molar-refractivity contribution in [3.8, 4) is 5.75 Å². The van der Waals surface area contributed by atoms with E-state index in [0.717, 1.165) is 17.2 Å². The fourth-order valence-electron chi connectivity index (χ4n) is 3.64. The zero-order valence-electron chi connectivity index (χ0n) is 19.3. The van der Waals surface area contributed by atoms with Crippen LogP contribution in [-0.4, -0.2) is 33.2 Å². The maximum Gasteiger partial charge on any atom is 0.335 e. The van der Waals surface area contributed by atoms with Crippen LogP contribution < -0.4 is 5.32 Å². The third-order valence-corrected chi connectivity index (χ3v) is 5.38. The highest BCUT2D eigenvalue weighted by molar-refractivity contribution is 5.98. The number of benzene rings is 2. The Morgan fingerprint density at radius 1 is 0.875 bits per heavy atom. The molecule has 1 unspecified atom stereocenters. The second kappa shape index (κ2) is 9.02. The Labute approximate surface area is 188 Å². The molecule has 4 N–H and O–H groups in total. The first-order chi connectivity index (χ1) is 14.6. The quantitative estimate of drug-likeness (QED) is 0.486. The van der Waals surface area contributed by atoms with Crippen molar-refractivity contribution < 1.29 is 29.7 Å². The van der Waals surface area contributed by atoms with Gasteiger partial charge in [-0.2, -0.15) is 0 Å². The largest absolute Gasteiger partial charge is 0.508 e. The van der Waals surface area contributed by atoms with Gasteiger partial charge in [0.25, 0.3) is 0 Å². The Hall–Kier alpha value is -3.35. The molecule has 0 aliphatic rings. The number of carbonyl (C=O) groups excluding carboxylic acids is 1. The van der Waals surface area contributed by atoms with E-state index in [-0.39, 0.29) is 51.6 Å². The number of rotatable bonds is 6. The minimum Gasteiger partial charge on any atom is -0.508 e. The van der Waals surface area contributed by atoms with Gasteiger partial charge in [-0.15, -0.1) is 0 Å². The maximum atomic E-state index is 12.9. The van der Waals surface area contributed by atoms with Crippen molar-refractivity contribution in [2.45, 2.75) is 59.3 Å². The van der Waals surface area contributed by atoms with Crippen molar-refractivity contribution in [1.29, 1.82) is 0 Å². The van der Waals surface area contributed by atoms with Gasteiger partial charge in [-0.25, -0.2) is 9.59 Å². The first-order valence-corrected chi connectivity index (χ1v) is 10.3. The molecule has 2 aromatic carbocycles. The van der Waals surface area contributed by atoms with Gasteiger partial charge in [0.2, 0.25) is 5.91 Å². The Balaban J connectivity index is 2.37. The number of carboxylic acid groups (broad SMARTS) is 2. The van der Waals surface area contributed by atoms with Crippen LogP contribution in [0.1, 0.15) is 85.7 Å². The molecule has 0 bridgehead atoms. The summed E-state index contributed by atoms with van der Waals surface area (Å²) in [6.07, 6.45) is 0.0948. The van der Waals surface area contributed by atoms with Crippen LogP contribution in [0.2, 0.25) is 0 Å². The lowest BCUT2D eigenvalue weighted by Crippen LogP contribution is -2.25. The molecule has 7 nitrogen and oxygen atoms in total. The number of aromatic hydroxyl groups is 1. The number of anilines is 1. The zero-order chi connectivity index (χ0) is 24.4. The van der Waals surface area contributed by atoms with Crippen molar-refractivity contribution in [3.05, 3.63) is 58.7 Å². The standard InChI is InChI=1S/C25H31NO6/c1-24(2,3)18(14-7-8-20(27)19(12-14)25(4,5)6)13-21(28)26-17-10-15(22(29)30)9-16(11-17)23(31)32/h7-12,18,27H,13H2,1-6H3,(H,26,28)(H,29,30)(H,31,32). The van der Waals surface area contributed by atoms with Gasteiger partial charge in [0.05, 0.1) is 11.1 Å². The van der Waals surface area contributed by atoms with Crippen LogP contribution in [0, 0.1) is 5.41 Å². The van der Waals surface area contributed by atoms with E-state index < -0.39 is 11.9 Å². The Bertz CT molecular complexity index is 1010. The lowest BCUT2D eigenvalue weighted by molar-refractivity contribution is -0.117. The normalized spacial score (nSPS) is 12.8. The monoisotopic (exact) mass is 441 g/mol. The van der Waals surface area contributed by atoms with E-state index in [9.17, 15) is 29.7 Å². The molecule has 0 aliphatic heterocycles. The Morgan fingerprint density at radius 2 is 1.41 bits per heavy atom. The first-order valence-electron chi connectivity index (χ1n) is 10.3. The number of aromatic carboxylic acids is 2. The van der Waals surface area contributed by atoms with Crippen LogP contribution in [-0.2, 0) is 10.2 Å². The number of phenolic OH excluding ortho intramolecular Hbond substituents is 1. The molecule has 1 atom stereocenters. The summed E-state index contributed by atoms with van der Waals surface area (Å²) in [6.45, 7) is 12.0. The molecule has 0 saturated heterocycles. The fraction of sp³-hybridized carbons (Fsp3) is 0.400. The predicted molar refractivity (Wildman–Crippen MR) is 123 cm³/mol. The highest BCUT2D eigenvalue weighted by atomic mass is 16.4. The summed E-state index contributed by atoms with van der Waals surface area (Å²) in [5.41, 5.74) is 0.780. The lowest BCUT2D eigenvalue weighted by atomic mass is 9.73. The minimum absolute atomic E-state index is 0.0948. The summed E-state index contributed by atoms with van der Waals surface area (Å²) in [6, 6.07) is 8.88. The summed E-state index contributed by atoms with van der Waals surface area (Å²) in [4.78, 5) is 35.5. The summed E-state index contributed by atoms with van der Waals surface area (Å²) in [5, 5.41) is 31.4. The number of amides is 1. The molecule has 0 saturated carbocycles. The smallest absolute Gasteiger partial charge is 0.335 e. The molecule has 0 aromatic heterocycles. The Morgan fingerprint density at radius 3 is 1.84 bits per heavy atom. The summed E-state index contributed by atoms with van der Waals surface area (Å²) in [7, 11) is 0. The van der Waals surface area contributed by atoms with E-state index in [4.69, 9.17) is 0 Å². The van der Waals surface area contributed by atoms with E-state index in [1.165, 1.54) is 12.1 Å². The minimum atomic E-state index is -1.28. The molecule has 0 radical (unpaired) electrons. The van der Waals surface area contributed by atoms with Crippen LogP contribution in [0.25, 0.3) is 0 Å². The second-order valence-corrected chi connectivity index (χ2v) is 10.1. The topological polar surface area (TPSA) is 124 Å². The van der Waals surface area contributed by atoms with E-state index in [0.29, 0.717) is 0 Å². The van der Waals surface area contributed by atoms with Gasteiger partial charge >= 0.3 is 11.9 Å². The van der Waals surface area contributed by atoms with Gasteiger partial charge in [-0.1, -0.05) is 53.7 Å². The van der Waals surface area contributed by atoms with Gasteiger partial charge in [-0.3, -0.25) is 4.79 Å². The van der Waals surface area contributed by atoms with Crippen molar-refractivity contribution in [1.82, 2.24) is 0 Å². The highest BCUT2D eigenvalue weighted by Gasteiger charge is 2.30. The molecule has 0 spiro atoms. The number of phenols is 1.